The maximum Gasteiger partial charge on any atom is 0.238 e. The van der Waals surface area contributed by atoms with Gasteiger partial charge in [-0.05, 0) is 18.6 Å². The van der Waals surface area contributed by atoms with Gasteiger partial charge in [-0.25, -0.2) is 0 Å². The van der Waals surface area contributed by atoms with Crippen LogP contribution < -0.4 is 20.1 Å². The second-order valence-electron chi connectivity index (χ2n) is 4.60. The summed E-state index contributed by atoms with van der Waals surface area (Å²) in [6.07, 6.45) is 0. The molecular weight excluding hydrogens is 232 g/mol. The topological polar surface area (TPSA) is 59.6 Å². The first-order valence-corrected chi connectivity index (χ1v) is 5.99. The number of carbonyl (C=O) groups is 1. The lowest BCUT2D eigenvalue weighted by atomic mass is 10.1. The molecule has 98 valence electrons. The Bertz CT molecular complexity index is 458. The van der Waals surface area contributed by atoms with Crippen molar-refractivity contribution in [1.29, 1.82) is 0 Å². The van der Waals surface area contributed by atoms with Crippen molar-refractivity contribution in [1.82, 2.24) is 5.32 Å². The van der Waals surface area contributed by atoms with E-state index in [4.69, 9.17) is 9.47 Å². The number of fused-ring (bicyclic) bond motifs is 1. The number of hydrogen-bond acceptors (Lipinski definition) is 4. The molecule has 2 N–H and O–H groups in total. The minimum absolute atomic E-state index is 0.0642. The van der Waals surface area contributed by atoms with E-state index in [1.807, 2.05) is 26.8 Å². The van der Waals surface area contributed by atoms with Crippen molar-refractivity contribution in [3.63, 3.8) is 0 Å². The van der Waals surface area contributed by atoms with Crippen molar-refractivity contribution < 1.29 is 14.3 Å². The number of benzene rings is 1. The second kappa shape index (κ2) is 5.27. The fraction of sp³-hybridized carbons (Fsp3) is 0.462. The lowest BCUT2D eigenvalue weighted by Crippen LogP contribution is -2.32. The maximum atomic E-state index is 11.7. The van der Waals surface area contributed by atoms with Gasteiger partial charge >= 0.3 is 0 Å². The van der Waals surface area contributed by atoms with Gasteiger partial charge < -0.3 is 20.1 Å². The molecule has 1 aromatic rings. The zero-order valence-electron chi connectivity index (χ0n) is 10.9. The van der Waals surface area contributed by atoms with Gasteiger partial charge in [-0.3, -0.25) is 4.79 Å². The summed E-state index contributed by atoms with van der Waals surface area (Å²) in [6, 6.07) is 3.95. The molecule has 0 radical (unpaired) electrons. The Hall–Kier alpha value is -1.75. The average Bonchev–Trinajstić information content (AvgIpc) is 2.74. The van der Waals surface area contributed by atoms with E-state index < -0.39 is 0 Å². The summed E-state index contributed by atoms with van der Waals surface area (Å²) in [5.41, 5.74) is 1.71. The van der Waals surface area contributed by atoms with Gasteiger partial charge in [0.05, 0.1) is 6.54 Å². The van der Waals surface area contributed by atoms with E-state index in [9.17, 15) is 4.79 Å². The third kappa shape index (κ3) is 2.92. The molecule has 1 aliphatic rings. The summed E-state index contributed by atoms with van der Waals surface area (Å²) >= 11 is 0. The first kappa shape index (κ1) is 12.7. The zero-order chi connectivity index (χ0) is 13.1. The molecule has 0 saturated carbocycles. The standard InChI is InChI=1S/C13H18N2O3/c1-8(2)14-6-13(16)15-10-5-12-11(4-9(10)3)17-7-18-12/h4-5,8,14H,6-7H2,1-3H3,(H,15,16). The predicted molar refractivity (Wildman–Crippen MR) is 69.1 cm³/mol. The molecule has 0 unspecified atom stereocenters. The Balaban J connectivity index is 2.03. The molecule has 1 amide bonds. The van der Waals surface area contributed by atoms with Crippen LogP contribution >= 0.6 is 0 Å². The van der Waals surface area contributed by atoms with Crippen LogP contribution in [0, 0.1) is 6.92 Å². The van der Waals surface area contributed by atoms with E-state index in [0.29, 0.717) is 12.3 Å². The summed E-state index contributed by atoms with van der Waals surface area (Å²) in [5.74, 6) is 1.34. The monoisotopic (exact) mass is 250 g/mol. The van der Waals surface area contributed by atoms with Crippen molar-refractivity contribution >= 4 is 11.6 Å². The second-order valence-corrected chi connectivity index (χ2v) is 4.60. The van der Waals surface area contributed by atoms with Crippen LogP contribution in [-0.2, 0) is 4.79 Å². The summed E-state index contributed by atoms with van der Waals surface area (Å²) < 4.78 is 10.6. The average molecular weight is 250 g/mol. The predicted octanol–water partition coefficient (Wildman–Crippen LogP) is 1.66. The number of nitrogens with one attached hydrogen (secondary N) is 2. The molecule has 0 spiro atoms. The molecule has 5 heteroatoms. The van der Waals surface area contributed by atoms with Crippen LogP contribution in [0.1, 0.15) is 19.4 Å². The molecular formula is C13H18N2O3. The van der Waals surface area contributed by atoms with Gasteiger partial charge in [0.15, 0.2) is 11.5 Å². The molecule has 1 heterocycles. The van der Waals surface area contributed by atoms with Gasteiger partial charge in [0.2, 0.25) is 12.7 Å². The number of amides is 1. The summed E-state index contributed by atoms with van der Waals surface area (Å²) in [4.78, 5) is 11.7. The van der Waals surface area contributed by atoms with Crippen LogP contribution in [0.4, 0.5) is 5.69 Å². The van der Waals surface area contributed by atoms with Gasteiger partial charge in [0, 0.05) is 17.8 Å². The first-order valence-electron chi connectivity index (χ1n) is 5.99. The highest BCUT2D eigenvalue weighted by Crippen LogP contribution is 2.36. The number of ether oxygens (including phenoxy) is 2. The fourth-order valence-corrected chi connectivity index (χ4v) is 1.67. The molecule has 18 heavy (non-hydrogen) atoms. The molecule has 0 aromatic heterocycles. The molecule has 5 nitrogen and oxygen atoms in total. The van der Waals surface area contributed by atoms with Gasteiger partial charge in [-0.2, -0.15) is 0 Å². The Kier molecular flexibility index (Phi) is 3.72. The van der Waals surface area contributed by atoms with Gasteiger partial charge in [-0.1, -0.05) is 13.8 Å². The Labute approximate surface area is 106 Å². The smallest absolute Gasteiger partial charge is 0.238 e. The van der Waals surface area contributed by atoms with Crippen LogP contribution in [0.25, 0.3) is 0 Å². The van der Waals surface area contributed by atoms with Crippen molar-refractivity contribution in [3.8, 4) is 11.5 Å². The fourth-order valence-electron chi connectivity index (χ4n) is 1.67. The van der Waals surface area contributed by atoms with Crippen molar-refractivity contribution in [2.24, 2.45) is 0 Å². The Morgan fingerprint density at radius 1 is 1.33 bits per heavy atom. The van der Waals surface area contributed by atoms with Gasteiger partial charge in [-0.15, -0.1) is 0 Å². The normalized spacial score (nSPS) is 12.9. The third-order valence-electron chi connectivity index (χ3n) is 2.66. The SMILES string of the molecule is Cc1cc2c(cc1NC(=O)CNC(C)C)OCO2. The number of hydrogen-bond donors (Lipinski definition) is 2. The lowest BCUT2D eigenvalue weighted by Gasteiger charge is -2.11. The maximum absolute atomic E-state index is 11.7. The van der Waals surface area contributed by atoms with E-state index in [0.717, 1.165) is 17.0 Å². The highest BCUT2D eigenvalue weighted by molar-refractivity contribution is 5.93. The van der Waals surface area contributed by atoms with Gasteiger partial charge in [0.1, 0.15) is 0 Å². The van der Waals surface area contributed by atoms with Crippen LogP contribution in [0.5, 0.6) is 11.5 Å². The van der Waals surface area contributed by atoms with Crippen molar-refractivity contribution in [2.75, 3.05) is 18.7 Å². The quantitative estimate of drug-likeness (QED) is 0.853. The third-order valence-corrected chi connectivity index (χ3v) is 2.66. The molecule has 0 atom stereocenters. The molecule has 2 rings (SSSR count). The summed E-state index contributed by atoms with van der Waals surface area (Å²) in [7, 11) is 0. The van der Waals surface area contributed by atoms with E-state index in [1.165, 1.54) is 0 Å². The summed E-state index contributed by atoms with van der Waals surface area (Å²) in [5, 5.41) is 5.93. The minimum Gasteiger partial charge on any atom is -0.454 e. The molecule has 1 aromatic carbocycles. The highest BCUT2D eigenvalue weighted by Gasteiger charge is 2.16. The van der Waals surface area contributed by atoms with Crippen molar-refractivity contribution in [2.45, 2.75) is 26.8 Å². The highest BCUT2D eigenvalue weighted by atomic mass is 16.7. The largest absolute Gasteiger partial charge is 0.454 e. The molecule has 1 aliphatic heterocycles. The van der Waals surface area contributed by atoms with Crippen LogP contribution in [0.3, 0.4) is 0 Å². The molecule has 0 fully saturated rings. The first-order chi connectivity index (χ1) is 8.56. The number of rotatable bonds is 4. The number of aryl methyl sites for hydroxylation is 1. The lowest BCUT2D eigenvalue weighted by molar-refractivity contribution is -0.115. The molecule has 0 aliphatic carbocycles. The zero-order valence-corrected chi connectivity index (χ0v) is 10.9. The number of carbonyl (C=O) groups excluding carboxylic acids is 1. The molecule has 0 bridgehead atoms. The molecule has 0 saturated heterocycles. The van der Waals surface area contributed by atoms with E-state index in [-0.39, 0.29) is 18.7 Å². The van der Waals surface area contributed by atoms with E-state index >= 15 is 0 Å². The van der Waals surface area contributed by atoms with Crippen LogP contribution in [0.2, 0.25) is 0 Å². The van der Waals surface area contributed by atoms with Gasteiger partial charge in [0.25, 0.3) is 0 Å². The Morgan fingerprint density at radius 2 is 2.00 bits per heavy atom. The number of anilines is 1. The minimum atomic E-state index is -0.0642. The van der Waals surface area contributed by atoms with Crippen LogP contribution in [0.15, 0.2) is 12.1 Å². The summed E-state index contributed by atoms with van der Waals surface area (Å²) in [6.45, 7) is 6.46. The Morgan fingerprint density at radius 3 is 2.67 bits per heavy atom. The van der Waals surface area contributed by atoms with Crippen molar-refractivity contribution in [3.05, 3.63) is 17.7 Å². The van der Waals surface area contributed by atoms with Crippen LogP contribution in [-0.4, -0.2) is 25.3 Å². The van der Waals surface area contributed by atoms with E-state index in [2.05, 4.69) is 10.6 Å². The van der Waals surface area contributed by atoms with E-state index in [1.54, 1.807) is 6.07 Å².